The second-order valence-corrected chi connectivity index (χ2v) is 28.9. The minimum absolute atomic E-state index is 0.360. The average Bonchev–Trinajstić information content (AvgIpc) is 1.59. The average molecular weight is 1310 g/mol. The van der Waals surface area contributed by atoms with Crippen LogP contribution in [-0.4, -0.2) is 64.7 Å². The van der Waals surface area contributed by atoms with Crippen molar-refractivity contribution >= 4 is 76.7 Å². The number of halogens is 1. The quantitative estimate of drug-likeness (QED) is 0.110. The summed E-state index contributed by atoms with van der Waals surface area (Å²) in [6, 6.07) is 77.5. The fraction of sp³-hybridized carbons (Fsp3) is 0.275. The fourth-order valence-corrected chi connectivity index (χ4v) is 11.4. The molecule has 8 aromatic carbocycles. The highest BCUT2D eigenvalue weighted by Gasteiger charge is 2.64. The van der Waals surface area contributed by atoms with E-state index in [1.165, 1.54) is 38.9 Å². The Bertz CT molecular complexity index is 4000. The number of benzene rings is 8. The van der Waals surface area contributed by atoms with Crippen LogP contribution in [0.2, 0.25) is 0 Å². The molecule has 0 aliphatic carbocycles. The first-order chi connectivity index (χ1) is 44.5. The molecule has 0 saturated carbocycles. The third-order valence-electron chi connectivity index (χ3n) is 19.3. The molecule has 5 heterocycles. The van der Waals surface area contributed by atoms with Crippen LogP contribution in [0.1, 0.15) is 105 Å². The van der Waals surface area contributed by atoms with Crippen LogP contribution in [0.15, 0.2) is 235 Å². The summed E-state index contributed by atoms with van der Waals surface area (Å²) in [5.74, 6) is 0. The van der Waals surface area contributed by atoms with Crippen molar-refractivity contribution in [1.29, 1.82) is 0 Å². The summed E-state index contributed by atoms with van der Waals surface area (Å²) >= 11 is 3.45. The van der Waals surface area contributed by atoms with Gasteiger partial charge in [0.05, 0.1) is 45.0 Å². The number of hydrogen-bond acceptors (Lipinski definition) is 10. The standard InChI is InChI=1S/C37H37BN2O2.C31H25BrN2.C12H24B2O4/c1-26-7-18-32(19-8-26)40(33-20-9-27(2)10-21-33)34-22-15-29(16-23-34)28-11-13-30(14-12-28)35-24-17-31(25-39-35)38-41-36(3,4)37(5,6)42-38;1-22-3-14-28(15-4-22)34(29-16-5-23(2)6-17-29)30-18-11-25(12-19-30)24-7-9-26(10-8-24)31-20-13-27(32)21-33-31;1-9(2)10(3,4)16-13(15-9)14-17-11(5,6)12(7,8)18-14/h7-25H,1-6H3;3-21H,1-2H3;1-8H3. The van der Waals surface area contributed by atoms with Crippen LogP contribution in [0.4, 0.5) is 34.1 Å². The molecule has 10 aromatic rings. The third-order valence-corrected chi connectivity index (χ3v) is 19.7. The maximum atomic E-state index is 6.18. The van der Waals surface area contributed by atoms with Gasteiger partial charge in [0.25, 0.3) is 0 Å². The van der Waals surface area contributed by atoms with Crippen LogP contribution < -0.4 is 15.3 Å². The van der Waals surface area contributed by atoms with Crippen LogP contribution in [0.25, 0.3) is 44.8 Å². The molecule has 0 amide bonds. The minimum atomic E-state index is -0.476. The number of anilines is 6. The first-order valence-electron chi connectivity index (χ1n) is 32.5. The highest BCUT2D eigenvalue weighted by atomic mass is 79.9. The summed E-state index contributed by atoms with van der Waals surface area (Å²) < 4.78 is 37.2. The molecular formula is C80H86B3BrN4O6. The third kappa shape index (κ3) is 14.9. The van der Waals surface area contributed by atoms with Crippen molar-refractivity contribution in [2.75, 3.05) is 9.80 Å². The summed E-state index contributed by atoms with van der Waals surface area (Å²) in [5.41, 5.74) is 19.3. The first kappa shape index (κ1) is 67.5. The molecule has 0 radical (unpaired) electrons. The molecule has 0 unspecified atom stereocenters. The van der Waals surface area contributed by atoms with Gasteiger partial charge in [0.1, 0.15) is 0 Å². The van der Waals surface area contributed by atoms with Crippen LogP contribution in [0, 0.1) is 27.7 Å². The minimum Gasteiger partial charge on any atom is -0.405 e. The zero-order chi connectivity index (χ0) is 67.0. The molecule has 2 aromatic heterocycles. The number of nitrogens with zero attached hydrogens (tertiary/aromatic N) is 4. The van der Waals surface area contributed by atoms with Crippen molar-refractivity contribution in [1.82, 2.24) is 9.97 Å². The Kier molecular flexibility index (Phi) is 19.4. The van der Waals surface area contributed by atoms with Gasteiger partial charge in [-0.3, -0.25) is 9.97 Å². The second-order valence-electron chi connectivity index (χ2n) is 27.9. The molecule has 3 saturated heterocycles. The first-order valence-corrected chi connectivity index (χ1v) is 33.3. The maximum absolute atomic E-state index is 6.18. The van der Waals surface area contributed by atoms with Gasteiger partial charge in [0.15, 0.2) is 0 Å². The number of aryl methyl sites for hydroxylation is 4. The number of hydrogen-bond donors (Lipinski definition) is 0. The van der Waals surface area contributed by atoms with E-state index < -0.39 is 21.1 Å². The molecule has 0 bridgehead atoms. The van der Waals surface area contributed by atoms with E-state index in [1.807, 2.05) is 92.0 Å². The zero-order valence-electron chi connectivity index (χ0n) is 57.3. The van der Waals surface area contributed by atoms with Crippen molar-refractivity contribution in [3.8, 4) is 44.8 Å². The monoisotopic (exact) mass is 1310 g/mol. The van der Waals surface area contributed by atoms with Gasteiger partial charge < -0.3 is 37.7 Å². The molecule has 13 rings (SSSR count). The molecular weight excluding hydrogens is 1230 g/mol. The highest BCUT2D eigenvalue weighted by molar-refractivity contribution is 9.10. The number of rotatable bonds is 12. The molecule has 10 nitrogen and oxygen atoms in total. The lowest BCUT2D eigenvalue weighted by Gasteiger charge is -2.32. The largest absolute Gasteiger partial charge is 0.496 e. The molecule has 0 N–H and O–H groups in total. The van der Waals surface area contributed by atoms with E-state index in [0.717, 1.165) is 72.1 Å². The predicted octanol–water partition coefficient (Wildman–Crippen LogP) is 20.3. The van der Waals surface area contributed by atoms with Gasteiger partial charge in [-0.1, -0.05) is 150 Å². The highest BCUT2D eigenvalue weighted by Crippen LogP contribution is 2.44. The van der Waals surface area contributed by atoms with Gasteiger partial charge in [0, 0.05) is 67.6 Å². The Morgan fingerprint density at radius 2 is 0.511 bits per heavy atom. The molecule has 478 valence electrons. The second kappa shape index (κ2) is 27.1. The van der Waals surface area contributed by atoms with Gasteiger partial charge in [0.2, 0.25) is 0 Å². The van der Waals surface area contributed by atoms with E-state index in [2.05, 4.69) is 280 Å². The fourth-order valence-electron chi connectivity index (χ4n) is 11.2. The van der Waals surface area contributed by atoms with E-state index in [1.54, 1.807) is 0 Å². The summed E-state index contributed by atoms with van der Waals surface area (Å²) in [7, 11) is -1.36. The van der Waals surface area contributed by atoms with Crippen LogP contribution in [0.5, 0.6) is 0 Å². The van der Waals surface area contributed by atoms with Gasteiger partial charge in [-0.25, -0.2) is 0 Å². The Balaban J connectivity index is 0.000000155. The Hall–Kier alpha value is -7.91. The Morgan fingerprint density at radius 1 is 0.277 bits per heavy atom. The molecule has 0 atom stereocenters. The zero-order valence-corrected chi connectivity index (χ0v) is 58.9. The van der Waals surface area contributed by atoms with E-state index in [-0.39, 0.29) is 33.6 Å². The Morgan fingerprint density at radius 3 is 0.766 bits per heavy atom. The normalized spacial score (nSPS) is 17.0. The van der Waals surface area contributed by atoms with E-state index in [9.17, 15) is 0 Å². The Labute approximate surface area is 567 Å². The maximum Gasteiger partial charge on any atom is 0.496 e. The van der Waals surface area contributed by atoms with Gasteiger partial charge in [-0.05, 0) is 240 Å². The number of pyridine rings is 2. The van der Waals surface area contributed by atoms with E-state index in [0.29, 0.717) is 0 Å². The smallest absolute Gasteiger partial charge is 0.405 e. The van der Waals surface area contributed by atoms with Gasteiger partial charge in [-0.2, -0.15) is 0 Å². The van der Waals surface area contributed by atoms with Crippen LogP contribution >= 0.6 is 15.9 Å². The van der Waals surface area contributed by atoms with Gasteiger partial charge in [-0.15, -0.1) is 0 Å². The lowest BCUT2D eigenvalue weighted by Crippen LogP contribution is -2.41. The van der Waals surface area contributed by atoms with Crippen molar-refractivity contribution < 1.29 is 27.9 Å². The topological polar surface area (TPSA) is 87.6 Å². The van der Waals surface area contributed by atoms with E-state index in [4.69, 9.17) is 32.9 Å². The molecule has 3 aliphatic heterocycles. The predicted molar refractivity (Wildman–Crippen MR) is 394 cm³/mol. The van der Waals surface area contributed by atoms with Crippen LogP contribution in [0.3, 0.4) is 0 Å². The molecule has 0 spiro atoms. The molecule has 3 fully saturated rings. The summed E-state index contributed by atoms with van der Waals surface area (Å²) in [6.45, 7) is 32.9. The summed E-state index contributed by atoms with van der Waals surface area (Å²) in [6.07, 6.45) is 3.69. The van der Waals surface area contributed by atoms with Crippen LogP contribution in [-0.2, 0) is 27.9 Å². The molecule has 3 aliphatic rings. The lowest BCUT2D eigenvalue weighted by atomic mass is 9.49. The summed E-state index contributed by atoms with van der Waals surface area (Å²) in [4.78, 5) is 13.8. The van der Waals surface area contributed by atoms with Gasteiger partial charge >= 0.3 is 21.1 Å². The molecule has 94 heavy (non-hydrogen) atoms. The SMILES string of the molecule is CC1(C)OB(B2OC(C)(C)C(C)(C)O2)OC1(C)C.Cc1ccc(N(c2ccc(C)cc2)c2ccc(-c3ccc(-c4ccc(B5OC(C)(C)C(C)(C)O5)cn4)cc3)cc2)cc1.Cc1ccc(N(c2ccc(C)cc2)c2ccc(-c3ccc(-c4ccc(Br)cn4)cc3)cc2)cc1. The number of aromatic nitrogens is 2. The van der Waals surface area contributed by atoms with Crippen molar-refractivity contribution in [3.05, 3.63) is 258 Å². The van der Waals surface area contributed by atoms with Crippen molar-refractivity contribution in [3.63, 3.8) is 0 Å². The lowest BCUT2D eigenvalue weighted by molar-refractivity contribution is 0.00578. The van der Waals surface area contributed by atoms with Crippen molar-refractivity contribution in [2.24, 2.45) is 0 Å². The van der Waals surface area contributed by atoms with Crippen molar-refractivity contribution in [2.45, 2.75) is 144 Å². The summed E-state index contributed by atoms with van der Waals surface area (Å²) in [5, 5.41) is 0. The van der Waals surface area contributed by atoms with E-state index >= 15 is 0 Å². The molecule has 14 heteroatoms.